The van der Waals surface area contributed by atoms with Crippen molar-refractivity contribution in [3.63, 3.8) is 0 Å². The molecule has 0 bridgehead atoms. The molecule has 0 spiro atoms. The van der Waals surface area contributed by atoms with E-state index in [1.807, 2.05) is 35.9 Å². The quantitative estimate of drug-likeness (QED) is 0.491. The molecule has 0 aliphatic carbocycles. The minimum atomic E-state index is -0.307. The van der Waals surface area contributed by atoms with Crippen LogP contribution in [0.25, 0.3) is 10.9 Å². The molecule has 156 valence electrons. The van der Waals surface area contributed by atoms with E-state index in [-0.39, 0.29) is 24.4 Å². The number of benzene rings is 2. The van der Waals surface area contributed by atoms with Crippen LogP contribution in [0.4, 0.5) is 0 Å². The van der Waals surface area contributed by atoms with E-state index < -0.39 is 0 Å². The summed E-state index contributed by atoms with van der Waals surface area (Å²) in [6, 6.07) is 21.0. The lowest BCUT2D eigenvalue weighted by Gasteiger charge is -2.08. The van der Waals surface area contributed by atoms with E-state index in [9.17, 15) is 9.59 Å². The third-order valence-electron chi connectivity index (χ3n) is 5.07. The summed E-state index contributed by atoms with van der Waals surface area (Å²) in [6.07, 6.45) is 1.98. The van der Waals surface area contributed by atoms with Gasteiger partial charge in [0.1, 0.15) is 5.49 Å². The smallest absolute Gasteiger partial charge is 0.262 e. The Kier molecular flexibility index (Phi) is 6.04. The van der Waals surface area contributed by atoms with Crippen LogP contribution < -0.4 is 11.0 Å². The molecular weight excluding hydrogens is 408 g/mol. The van der Waals surface area contributed by atoms with Crippen molar-refractivity contribution in [2.75, 3.05) is 0 Å². The summed E-state index contributed by atoms with van der Waals surface area (Å²) in [5.41, 5.74) is 3.38. The second-order valence-electron chi connectivity index (χ2n) is 7.36. The largest absolute Gasteiger partial charge is 0.332 e. The molecule has 0 unspecified atom stereocenters. The summed E-state index contributed by atoms with van der Waals surface area (Å²) < 4.78 is 3.64. The van der Waals surface area contributed by atoms with Crippen molar-refractivity contribution in [1.29, 1.82) is 0 Å². The fraction of sp³-hybridized carbons (Fsp3) is 0.167. The molecule has 0 saturated carbocycles. The highest BCUT2D eigenvalue weighted by Gasteiger charge is 2.08. The molecule has 0 fully saturated rings. The van der Waals surface area contributed by atoms with E-state index in [1.54, 1.807) is 24.3 Å². The van der Waals surface area contributed by atoms with Gasteiger partial charge in [-0.2, -0.15) is 4.99 Å². The minimum Gasteiger partial charge on any atom is -0.332 e. The zero-order valence-electron chi connectivity index (χ0n) is 17.1. The van der Waals surface area contributed by atoms with Gasteiger partial charge in [0.15, 0.2) is 4.77 Å². The van der Waals surface area contributed by atoms with Gasteiger partial charge in [0.2, 0.25) is 5.91 Å². The molecule has 4 aromatic rings. The van der Waals surface area contributed by atoms with Crippen LogP contribution in [0.3, 0.4) is 0 Å². The Bertz CT molecular complexity index is 1430. The number of carbonyl (C=O) groups excluding carboxylic acids is 1. The van der Waals surface area contributed by atoms with Crippen molar-refractivity contribution in [3.05, 3.63) is 105 Å². The van der Waals surface area contributed by atoms with E-state index >= 15 is 0 Å². The molecule has 4 rings (SSSR count). The van der Waals surface area contributed by atoms with Gasteiger partial charge in [0.25, 0.3) is 5.56 Å². The van der Waals surface area contributed by atoms with Crippen molar-refractivity contribution < 1.29 is 4.79 Å². The van der Waals surface area contributed by atoms with Gasteiger partial charge in [-0.05, 0) is 49.0 Å². The minimum absolute atomic E-state index is 0.0785. The number of para-hydroxylation sites is 1. The molecule has 7 heteroatoms. The Morgan fingerprint density at radius 3 is 2.58 bits per heavy atom. The average molecular weight is 431 g/mol. The van der Waals surface area contributed by atoms with Crippen molar-refractivity contribution in [1.82, 2.24) is 14.1 Å². The Labute approximate surface area is 184 Å². The van der Waals surface area contributed by atoms with E-state index in [0.717, 1.165) is 5.56 Å². The highest BCUT2D eigenvalue weighted by molar-refractivity contribution is 7.71. The van der Waals surface area contributed by atoms with Crippen LogP contribution >= 0.6 is 12.2 Å². The number of aryl methyl sites for hydroxylation is 1. The maximum absolute atomic E-state index is 12.7. The molecule has 1 N–H and O–H groups in total. The number of rotatable bonds is 5. The number of hydrogen-bond donors (Lipinski definition) is 1. The number of amides is 1. The number of hydrogen-bond acceptors (Lipinski definition) is 3. The fourth-order valence-electron chi connectivity index (χ4n) is 3.39. The number of aromatic nitrogens is 3. The molecule has 0 aliphatic rings. The first-order valence-corrected chi connectivity index (χ1v) is 10.4. The van der Waals surface area contributed by atoms with Gasteiger partial charge in [-0.25, -0.2) is 0 Å². The first-order chi connectivity index (χ1) is 15.0. The predicted molar refractivity (Wildman–Crippen MR) is 123 cm³/mol. The van der Waals surface area contributed by atoms with Crippen LogP contribution in [0.5, 0.6) is 0 Å². The fourth-order valence-corrected chi connectivity index (χ4v) is 3.67. The monoisotopic (exact) mass is 430 g/mol. The SMILES string of the molecule is Cc1ccc(Cn2ccccc2=NC(=O)CCn2c(=S)[nH]c3ccccc3c2=O)cc1. The van der Waals surface area contributed by atoms with E-state index in [0.29, 0.717) is 27.7 Å². The molecule has 0 aliphatic heterocycles. The lowest BCUT2D eigenvalue weighted by molar-refractivity contribution is -0.118. The first kappa shape index (κ1) is 20.7. The maximum atomic E-state index is 12.7. The highest BCUT2D eigenvalue weighted by atomic mass is 32.1. The van der Waals surface area contributed by atoms with Crippen LogP contribution in [-0.4, -0.2) is 20.0 Å². The van der Waals surface area contributed by atoms with Gasteiger partial charge in [-0.3, -0.25) is 14.2 Å². The number of nitrogens with one attached hydrogen (secondary N) is 1. The van der Waals surface area contributed by atoms with Gasteiger partial charge >= 0.3 is 0 Å². The topological polar surface area (TPSA) is 72.2 Å². The Hall–Kier alpha value is -3.58. The lowest BCUT2D eigenvalue weighted by atomic mass is 10.1. The third-order valence-corrected chi connectivity index (χ3v) is 5.39. The second-order valence-corrected chi connectivity index (χ2v) is 7.75. The normalized spacial score (nSPS) is 11.7. The van der Waals surface area contributed by atoms with Crippen LogP contribution in [0.15, 0.2) is 82.7 Å². The van der Waals surface area contributed by atoms with E-state index in [1.165, 1.54) is 10.1 Å². The zero-order chi connectivity index (χ0) is 21.8. The maximum Gasteiger partial charge on any atom is 0.262 e. The summed E-state index contributed by atoms with van der Waals surface area (Å²) in [7, 11) is 0. The van der Waals surface area contributed by atoms with Crippen molar-refractivity contribution in [2.24, 2.45) is 4.99 Å². The predicted octanol–water partition coefficient (Wildman–Crippen LogP) is 3.73. The van der Waals surface area contributed by atoms with Gasteiger partial charge < -0.3 is 9.55 Å². The van der Waals surface area contributed by atoms with Crippen LogP contribution in [0.2, 0.25) is 0 Å². The first-order valence-electron chi connectivity index (χ1n) is 10.0. The number of carbonyl (C=O) groups is 1. The summed E-state index contributed by atoms with van der Waals surface area (Å²) in [6.45, 7) is 2.83. The molecule has 2 aromatic heterocycles. The summed E-state index contributed by atoms with van der Waals surface area (Å²) in [4.78, 5) is 32.6. The zero-order valence-corrected chi connectivity index (χ0v) is 17.9. The standard InChI is InChI=1S/C24H22N4O2S/c1-17-9-11-18(12-10-17)16-27-14-5-4-8-21(27)26-22(29)13-15-28-23(30)19-6-2-3-7-20(19)25-24(28)31/h2-12,14H,13,15-16H2,1H3,(H,25,31). The second kappa shape index (κ2) is 9.06. The van der Waals surface area contributed by atoms with Gasteiger partial charge in [-0.15, -0.1) is 0 Å². The summed E-state index contributed by atoms with van der Waals surface area (Å²) >= 11 is 5.31. The van der Waals surface area contributed by atoms with Gasteiger partial charge in [0, 0.05) is 25.7 Å². The molecule has 31 heavy (non-hydrogen) atoms. The van der Waals surface area contributed by atoms with E-state index in [2.05, 4.69) is 34.2 Å². The Morgan fingerprint density at radius 2 is 1.77 bits per heavy atom. The van der Waals surface area contributed by atoms with Crippen molar-refractivity contribution in [2.45, 2.75) is 26.4 Å². The number of aromatic amines is 1. The van der Waals surface area contributed by atoms with Crippen LogP contribution in [-0.2, 0) is 17.9 Å². The van der Waals surface area contributed by atoms with Crippen molar-refractivity contribution >= 4 is 29.0 Å². The molecule has 0 radical (unpaired) electrons. The van der Waals surface area contributed by atoms with Gasteiger partial charge in [0.05, 0.1) is 10.9 Å². The molecule has 0 saturated heterocycles. The number of fused-ring (bicyclic) bond motifs is 1. The Morgan fingerprint density at radius 1 is 1.03 bits per heavy atom. The third kappa shape index (κ3) is 4.78. The van der Waals surface area contributed by atoms with Crippen LogP contribution in [0.1, 0.15) is 17.5 Å². The highest BCUT2D eigenvalue weighted by Crippen LogP contribution is 2.07. The average Bonchev–Trinajstić information content (AvgIpc) is 2.76. The summed E-state index contributed by atoms with van der Waals surface area (Å²) in [5.74, 6) is -0.307. The number of H-pyrrole nitrogens is 1. The number of pyridine rings is 1. The van der Waals surface area contributed by atoms with Gasteiger partial charge in [-0.1, -0.05) is 48.0 Å². The molecule has 0 atom stereocenters. The lowest BCUT2D eigenvalue weighted by Crippen LogP contribution is -2.25. The molecule has 6 nitrogen and oxygen atoms in total. The number of nitrogens with zero attached hydrogens (tertiary/aromatic N) is 3. The molecule has 2 heterocycles. The molecular formula is C24H22N4O2S. The molecule has 1 amide bonds. The summed E-state index contributed by atoms with van der Waals surface area (Å²) in [5, 5.41) is 0.541. The van der Waals surface area contributed by atoms with E-state index in [4.69, 9.17) is 12.2 Å². The Balaban J connectivity index is 1.56. The van der Waals surface area contributed by atoms with Crippen molar-refractivity contribution in [3.8, 4) is 0 Å². The molecule has 2 aromatic carbocycles. The van der Waals surface area contributed by atoms with Crippen LogP contribution in [0, 0.1) is 11.7 Å².